The van der Waals surface area contributed by atoms with Crippen LogP contribution in [-0.2, 0) is 20.0 Å². The smallest absolute Gasteiger partial charge is 0.443 e. The third kappa shape index (κ3) is 6.22. The van der Waals surface area contributed by atoms with E-state index in [0.717, 1.165) is 16.7 Å². The molecule has 0 aliphatic rings. The molecular weight excluding hydrogens is 431 g/mol. The average Bonchev–Trinajstić information content (AvgIpc) is 2.70. The number of alkyl halides is 3. The van der Waals surface area contributed by atoms with Crippen molar-refractivity contribution in [2.45, 2.75) is 46.5 Å². The largest absolute Gasteiger partial charge is 0.573 e. The summed E-state index contributed by atoms with van der Waals surface area (Å²) < 4.78 is 49.4. The van der Waals surface area contributed by atoms with Gasteiger partial charge < -0.3 is 14.6 Å². The zero-order chi connectivity index (χ0) is 24.1. The highest BCUT2D eigenvalue weighted by Crippen LogP contribution is 2.27. The molecule has 2 aromatic rings. The van der Waals surface area contributed by atoms with E-state index in [1.165, 1.54) is 23.7 Å². The summed E-state index contributed by atoms with van der Waals surface area (Å²) in [6, 6.07) is 4.98. The molecule has 8 nitrogen and oxygen atoms in total. The van der Waals surface area contributed by atoms with Gasteiger partial charge in [0, 0.05) is 32.2 Å². The van der Waals surface area contributed by atoms with Crippen molar-refractivity contribution >= 4 is 11.7 Å². The maximum atomic E-state index is 12.8. The Morgan fingerprint density at radius 2 is 1.88 bits per heavy atom. The quantitative estimate of drug-likeness (QED) is 0.485. The van der Waals surface area contributed by atoms with Gasteiger partial charge in [0.05, 0.1) is 5.56 Å². The van der Waals surface area contributed by atoms with Crippen molar-refractivity contribution < 1.29 is 27.8 Å². The van der Waals surface area contributed by atoms with Crippen molar-refractivity contribution in [1.29, 1.82) is 0 Å². The Kier molecular flexibility index (Phi) is 8.25. The topological polar surface area (TPSA) is 95.1 Å². The number of hydrogen-bond donors (Lipinski definition) is 1. The van der Waals surface area contributed by atoms with Crippen LogP contribution in [0.2, 0.25) is 0 Å². The summed E-state index contributed by atoms with van der Waals surface area (Å²) in [5.41, 5.74) is -0.824. The second-order valence-corrected chi connectivity index (χ2v) is 7.26. The highest BCUT2D eigenvalue weighted by molar-refractivity contribution is 5.83. The van der Waals surface area contributed by atoms with Gasteiger partial charge in [-0.15, -0.1) is 13.2 Å². The molecular formula is C21H26F3N3O5. The molecule has 11 heteroatoms. The number of aliphatic hydroxyl groups excluding tert-OH is 1. The number of nitrogens with zero attached hydrogens (tertiary/aromatic N) is 3. The Morgan fingerprint density at radius 1 is 1.22 bits per heavy atom. The number of aliphatic hydroxyl groups is 1. The van der Waals surface area contributed by atoms with Gasteiger partial charge in [0.2, 0.25) is 0 Å². The van der Waals surface area contributed by atoms with Gasteiger partial charge in [-0.25, -0.2) is 4.79 Å². The van der Waals surface area contributed by atoms with Crippen molar-refractivity contribution in [3.05, 3.63) is 50.7 Å². The van der Waals surface area contributed by atoms with E-state index in [1.807, 2.05) is 0 Å². The van der Waals surface area contributed by atoms with Gasteiger partial charge in [0.25, 0.3) is 5.56 Å². The number of hydrogen-bond acceptors (Lipinski definition) is 6. The first kappa shape index (κ1) is 25.2. The van der Waals surface area contributed by atoms with Gasteiger partial charge in [-0.3, -0.25) is 13.9 Å². The third-order valence-electron chi connectivity index (χ3n) is 4.47. The fraction of sp³-hybridized carbons (Fsp3) is 0.476. The van der Waals surface area contributed by atoms with Gasteiger partial charge >= 0.3 is 12.1 Å². The third-order valence-corrected chi connectivity index (χ3v) is 4.47. The van der Waals surface area contributed by atoms with Crippen LogP contribution in [0.5, 0.6) is 11.5 Å². The van der Waals surface area contributed by atoms with Crippen LogP contribution in [0.3, 0.4) is 0 Å². The first-order chi connectivity index (χ1) is 15.0. The van der Waals surface area contributed by atoms with E-state index >= 15 is 0 Å². The minimum atomic E-state index is -4.85. The van der Waals surface area contributed by atoms with Gasteiger partial charge in [-0.05, 0) is 25.0 Å². The van der Waals surface area contributed by atoms with E-state index < -0.39 is 23.4 Å². The number of rotatable bonds is 8. The molecule has 0 unspecified atom stereocenters. The van der Waals surface area contributed by atoms with Crippen LogP contribution >= 0.6 is 0 Å². The predicted octanol–water partition coefficient (Wildman–Crippen LogP) is 3.16. The fourth-order valence-electron chi connectivity index (χ4n) is 2.93. The molecule has 0 fully saturated rings. The Bertz CT molecular complexity index is 1090. The van der Waals surface area contributed by atoms with Crippen molar-refractivity contribution in [2.75, 3.05) is 6.61 Å². The lowest BCUT2D eigenvalue weighted by molar-refractivity contribution is -0.274. The van der Waals surface area contributed by atoms with E-state index in [-0.39, 0.29) is 54.9 Å². The van der Waals surface area contributed by atoms with Crippen LogP contribution in [0.4, 0.5) is 19.0 Å². The molecule has 0 spiro atoms. The number of aliphatic imine (C=N–C) groups is 1. The second-order valence-electron chi connectivity index (χ2n) is 7.26. The van der Waals surface area contributed by atoms with Crippen molar-refractivity contribution in [2.24, 2.45) is 18.0 Å². The zero-order valence-electron chi connectivity index (χ0n) is 18.3. The molecule has 2 rings (SSSR count). The van der Waals surface area contributed by atoms with E-state index in [9.17, 15) is 22.8 Å². The van der Waals surface area contributed by atoms with E-state index in [4.69, 9.17) is 9.84 Å². The summed E-state index contributed by atoms with van der Waals surface area (Å²) in [7, 11) is 1.46. The van der Waals surface area contributed by atoms with E-state index in [0.29, 0.717) is 0 Å². The van der Waals surface area contributed by atoms with Gasteiger partial charge in [-0.1, -0.05) is 26.8 Å². The summed E-state index contributed by atoms with van der Waals surface area (Å²) in [6.07, 6.45) is -4.31. The molecule has 32 heavy (non-hydrogen) atoms. The summed E-state index contributed by atoms with van der Waals surface area (Å²) >= 11 is 0. The van der Waals surface area contributed by atoms with Crippen molar-refractivity contribution in [3.63, 3.8) is 0 Å². The summed E-state index contributed by atoms with van der Waals surface area (Å²) in [5, 5.41) is 9.03. The van der Waals surface area contributed by atoms with Crippen LogP contribution < -0.4 is 20.7 Å². The van der Waals surface area contributed by atoms with Crippen LogP contribution in [0, 0.1) is 5.92 Å². The highest BCUT2D eigenvalue weighted by atomic mass is 19.4. The molecule has 1 heterocycles. The van der Waals surface area contributed by atoms with Crippen molar-refractivity contribution in [3.8, 4) is 11.5 Å². The second kappa shape index (κ2) is 10.5. The average molecular weight is 457 g/mol. The minimum absolute atomic E-state index is 0.0542. The number of benzene rings is 1. The maximum Gasteiger partial charge on any atom is 0.573 e. The van der Waals surface area contributed by atoms with Gasteiger partial charge in [0.1, 0.15) is 17.3 Å². The SMILES string of the molecule is CCc1c(N=C(Oc2cccc(OC(F)(F)F)c2)C(C)C)n(C)c(=O)n(CCCO)c1=O. The molecule has 1 N–H and O–H groups in total. The molecule has 0 aliphatic heterocycles. The lowest BCUT2D eigenvalue weighted by Gasteiger charge is -2.17. The molecule has 0 atom stereocenters. The number of ether oxygens (including phenoxy) is 2. The Hall–Kier alpha value is -3.08. The highest BCUT2D eigenvalue weighted by Gasteiger charge is 2.31. The lowest BCUT2D eigenvalue weighted by Crippen LogP contribution is -2.41. The molecule has 0 saturated heterocycles. The van der Waals surface area contributed by atoms with Crippen LogP contribution in [0.25, 0.3) is 0 Å². The van der Waals surface area contributed by atoms with Crippen LogP contribution in [0.15, 0.2) is 38.8 Å². The number of halogens is 3. The Morgan fingerprint density at radius 3 is 2.44 bits per heavy atom. The van der Waals surface area contributed by atoms with E-state index in [1.54, 1.807) is 20.8 Å². The molecule has 1 aromatic carbocycles. The first-order valence-corrected chi connectivity index (χ1v) is 10.0. The lowest BCUT2D eigenvalue weighted by atomic mass is 10.2. The maximum absolute atomic E-state index is 12.8. The number of aromatic nitrogens is 2. The minimum Gasteiger partial charge on any atom is -0.443 e. The fourth-order valence-corrected chi connectivity index (χ4v) is 2.93. The van der Waals surface area contributed by atoms with Gasteiger partial charge in [0.15, 0.2) is 5.90 Å². The van der Waals surface area contributed by atoms with E-state index in [2.05, 4.69) is 9.73 Å². The molecule has 0 bridgehead atoms. The molecule has 176 valence electrons. The zero-order valence-corrected chi connectivity index (χ0v) is 18.3. The Labute approximate surface area is 182 Å². The van der Waals surface area contributed by atoms with Crippen molar-refractivity contribution in [1.82, 2.24) is 9.13 Å². The molecule has 0 radical (unpaired) electrons. The molecule has 0 aliphatic carbocycles. The summed E-state index contributed by atoms with van der Waals surface area (Å²) in [4.78, 5) is 29.9. The molecule has 0 amide bonds. The normalized spacial score (nSPS) is 12.3. The van der Waals surface area contributed by atoms with Gasteiger partial charge in [-0.2, -0.15) is 4.99 Å². The van der Waals surface area contributed by atoms with Crippen LogP contribution in [0.1, 0.15) is 32.8 Å². The molecule has 1 aromatic heterocycles. The monoisotopic (exact) mass is 457 g/mol. The standard InChI is InChI=1S/C21H26F3N3O5/c1-5-16-17(26(4)20(30)27(19(16)29)10-7-11-28)25-18(13(2)3)31-14-8-6-9-15(12-14)32-21(22,23)24/h6,8-9,12-13,28H,5,7,10-11H2,1-4H3. The predicted molar refractivity (Wildman–Crippen MR) is 113 cm³/mol. The summed E-state index contributed by atoms with van der Waals surface area (Å²) in [6.45, 7) is 5.14. The first-order valence-electron chi connectivity index (χ1n) is 10.0. The molecule has 0 saturated carbocycles. The summed E-state index contributed by atoms with van der Waals surface area (Å²) in [5.74, 6) is -0.510. The van der Waals surface area contributed by atoms with Crippen LogP contribution in [-0.4, -0.2) is 33.1 Å². The Balaban J connectivity index is 2.53.